The predicted octanol–water partition coefficient (Wildman–Crippen LogP) is 3.20. The highest BCUT2D eigenvalue weighted by Gasteiger charge is 2.10. The minimum Gasteiger partial charge on any atom is -0.494 e. The van der Waals surface area contributed by atoms with Gasteiger partial charge in [0.1, 0.15) is 17.4 Å². The van der Waals surface area contributed by atoms with Crippen molar-refractivity contribution in [2.45, 2.75) is 26.8 Å². The van der Waals surface area contributed by atoms with Gasteiger partial charge in [-0.15, -0.1) is 0 Å². The number of benzene rings is 1. The number of hydrogen-bond acceptors (Lipinski definition) is 3. The molecule has 0 amide bonds. The summed E-state index contributed by atoms with van der Waals surface area (Å²) in [6.45, 7) is 5.12. The molecule has 0 bridgehead atoms. The number of rotatable bonds is 5. The fourth-order valence-electron chi connectivity index (χ4n) is 2.27. The topological polar surface area (TPSA) is 55.0 Å². The molecular weight excluding hydrogens is 264 g/mol. The average molecular weight is 282 g/mol. The SMILES string of the molecule is CCCn1c(-c2cccc(OCC)c2)ccc(C#N)c1=O. The van der Waals surface area contributed by atoms with Gasteiger partial charge in [-0.2, -0.15) is 5.26 Å². The summed E-state index contributed by atoms with van der Waals surface area (Å²) in [7, 11) is 0. The van der Waals surface area contributed by atoms with Gasteiger partial charge >= 0.3 is 0 Å². The fourth-order valence-corrected chi connectivity index (χ4v) is 2.27. The van der Waals surface area contributed by atoms with Gasteiger partial charge < -0.3 is 9.30 Å². The average Bonchev–Trinajstić information content (AvgIpc) is 2.50. The highest BCUT2D eigenvalue weighted by Crippen LogP contribution is 2.23. The Kier molecular flexibility index (Phi) is 4.78. The second kappa shape index (κ2) is 6.76. The molecule has 2 rings (SSSR count). The monoisotopic (exact) mass is 282 g/mol. The van der Waals surface area contributed by atoms with Crippen molar-refractivity contribution in [1.29, 1.82) is 5.26 Å². The second-order valence-corrected chi connectivity index (χ2v) is 4.66. The van der Waals surface area contributed by atoms with E-state index in [0.29, 0.717) is 13.2 Å². The van der Waals surface area contributed by atoms with E-state index in [1.165, 1.54) is 0 Å². The van der Waals surface area contributed by atoms with Gasteiger partial charge in [0.15, 0.2) is 0 Å². The Bertz CT molecular complexity index is 726. The summed E-state index contributed by atoms with van der Waals surface area (Å²) < 4.78 is 7.16. The Balaban J connectivity index is 2.58. The van der Waals surface area contributed by atoms with E-state index < -0.39 is 0 Å². The summed E-state index contributed by atoms with van der Waals surface area (Å²) >= 11 is 0. The van der Waals surface area contributed by atoms with Crippen molar-refractivity contribution in [2.75, 3.05) is 6.61 Å². The van der Waals surface area contributed by atoms with Crippen LogP contribution in [-0.4, -0.2) is 11.2 Å². The molecule has 0 saturated carbocycles. The lowest BCUT2D eigenvalue weighted by Gasteiger charge is -2.13. The summed E-state index contributed by atoms with van der Waals surface area (Å²) in [5.41, 5.74) is 1.66. The van der Waals surface area contributed by atoms with Crippen molar-refractivity contribution in [1.82, 2.24) is 4.57 Å². The van der Waals surface area contributed by atoms with Crippen LogP contribution in [-0.2, 0) is 6.54 Å². The first-order chi connectivity index (χ1) is 10.2. The van der Waals surface area contributed by atoms with Gasteiger partial charge in [-0.1, -0.05) is 19.1 Å². The molecule has 108 valence electrons. The molecule has 4 nitrogen and oxygen atoms in total. The third-order valence-electron chi connectivity index (χ3n) is 3.18. The third-order valence-corrected chi connectivity index (χ3v) is 3.18. The molecule has 0 aliphatic rings. The van der Waals surface area contributed by atoms with Crippen LogP contribution in [0.3, 0.4) is 0 Å². The van der Waals surface area contributed by atoms with Crippen molar-refractivity contribution < 1.29 is 4.74 Å². The molecule has 0 radical (unpaired) electrons. The molecule has 1 aromatic carbocycles. The van der Waals surface area contributed by atoms with E-state index in [1.54, 1.807) is 10.6 Å². The molecule has 0 N–H and O–H groups in total. The van der Waals surface area contributed by atoms with Gasteiger partial charge in [0.05, 0.1) is 12.3 Å². The van der Waals surface area contributed by atoms with E-state index in [0.717, 1.165) is 23.4 Å². The first kappa shape index (κ1) is 14.9. The molecule has 0 fully saturated rings. The van der Waals surface area contributed by atoms with Gasteiger partial charge in [0.25, 0.3) is 5.56 Å². The van der Waals surface area contributed by atoms with E-state index in [2.05, 4.69) is 0 Å². The van der Waals surface area contributed by atoms with Crippen LogP contribution in [0.25, 0.3) is 11.3 Å². The summed E-state index contributed by atoms with van der Waals surface area (Å²) in [6.07, 6.45) is 0.826. The normalized spacial score (nSPS) is 10.1. The van der Waals surface area contributed by atoms with Gasteiger partial charge in [-0.3, -0.25) is 4.79 Å². The van der Waals surface area contributed by atoms with Crippen molar-refractivity contribution in [3.63, 3.8) is 0 Å². The number of aromatic nitrogens is 1. The van der Waals surface area contributed by atoms with Gasteiger partial charge in [0, 0.05) is 12.1 Å². The Morgan fingerprint density at radius 3 is 2.71 bits per heavy atom. The van der Waals surface area contributed by atoms with Crippen LogP contribution >= 0.6 is 0 Å². The van der Waals surface area contributed by atoms with Gasteiger partial charge in [-0.05, 0) is 37.6 Å². The first-order valence-electron chi connectivity index (χ1n) is 7.08. The molecule has 0 aliphatic heterocycles. The lowest BCUT2D eigenvalue weighted by atomic mass is 10.1. The Morgan fingerprint density at radius 1 is 1.24 bits per heavy atom. The number of pyridine rings is 1. The maximum absolute atomic E-state index is 12.3. The highest BCUT2D eigenvalue weighted by molar-refractivity contribution is 5.62. The summed E-state index contributed by atoms with van der Waals surface area (Å²) in [4.78, 5) is 12.3. The van der Waals surface area contributed by atoms with Crippen LogP contribution in [0.5, 0.6) is 5.75 Å². The van der Waals surface area contributed by atoms with Crippen molar-refractivity contribution in [3.8, 4) is 23.1 Å². The predicted molar refractivity (Wildman–Crippen MR) is 82.3 cm³/mol. The molecule has 1 heterocycles. The number of nitriles is 1. The molecule has 21 heavy (non-hydrogen) atoms. The van der Waals surface area contributed by atoms with Crippen LogP contribution in [0, 0.1) is 11.3 Å². The number of hydrogen-bond donors (Lipinski definition) is 0. The molecule has 0 aliphatic carbocycles. The standard InChI is InChI=1S/C17H18N2O2/c1-3-10-19-16(9-8-14(12-18)17(19)20)13-6-5-7-15(11-13)21-4-2/h5-9,11H,3-4,10H2,1-2H3. The molecule has 4 heteroatoms. The lowest BCUT2D eigenvalue weighted by Crippen LogP contribution is -2.23. The Morgan fingerprint density at radius 2 is 2.05 bits per heavy atom. The maximum Gasteiger partial charge on any atom is 0.268 e. The largest absolute Gasteiger partial charge is 0.494 e. The van der Waals surface area contributed by atoms with Gasteiger partial charge in [-0.25, -0.2) is 0 Å². The van der Waals surface area contributed by atoms with Crippen LogP contribution in [0.4, 0.5) is 0 Å². The molecule has 1 aromatic heterocycles. The Hall–Kier alpha value is -2.54. The fraction of sp³-hybridized carbons (Fsp3) is 0.294. The quantitative estimate of drug-likeness (QED) is 0.846. The van der Waals surface area contributed by atoms with E-state index in [-0.39, 0.29) is 11.1 Å². The van der Waals surface area contributed by atoms with Crippen LogP contribution < -0.4 is 10.3 Å². The van der Waals surface area contributed by atoms with Crippen molar-refractivity contribution in [2.24, 2.45) is 0 Å². The number of ether oxygens (including phenoxy) is 1. The summed E-state index contributed by atoms with van der Waals surface area (Å²) in [5, 5.41) is 9.00. The van der Waals surface area contributed by atoms with Gasteiger partial charge in [0.2, 0.25) is 0 Å². The molecule has 0 spiro atoms. The highest BCUT2D eigenvalue weighted by atomic mass is 16.5. The number of nitrogens with zero attached hydrogens (tertiary/aromatic N) is 2. The maximum atomic E-state index is 12.3. The third kappa shape index (κ3) is 3.14. The van der Waals surface area contributed by atoms with E-state index in [1.807, 2.05) is 50.2 Å². The zero-order chi connectivity index (χ0) is 15.2. The smallest absolute Gasteiger partial charge is 0.268 e. The molecular formula is C17H18N2O2. The van der Waals surface area contributed by atoms with Crippen LogP contribution in [0.2, 0.25) is 0 Å². The molecule has 0 saturated heterocycles. The zero-order valence-electron chi connectivity index (χ0n) is 12.3. The molecule has 0 unspecified atom stereocenters. The Labute approximate surface area is 124 Å². The van der Waals surface area contributed by atoms with E-state index in [9.17, 15) is 4.79 Å². The molecule has 2 aromatic rings. The minimum absolute atomic E-state index is 0.174. The van der Waals surface area contributed by atoms with Crippen molar-refractivity contribution in [3.05, 3.63) is 52.3 Å². The molecule has 0 atom stereocenters. The van der Waals surface area contributed by atoms with Crippen molar-refractivity contribution >= 4 is 0 Å². The minimum atomic E-state index is -0.237. The van der Waals surface area contributed by atoms with Crippen LogP contribution in [0.15, 0.2) is 41.2 Å². The summed E-state index contributed by atoms with van der Waals surface area (Å²) in [5.74, 6) is 0.773. The van der Waals surface area contributed by atoms with Crippen LogP contribution in [0.1, 0.15) is 25.8 Å². The lowest BCUT2D eigenvalue weighted by molar-refractivity contribution is 0.340. The second-order valence-electron chi connectivity index (χ2n) is 4.66. The zero-order valence-corrected chi connectivity index (χ0v) is 12.3. The van der Waals surface area contributed by atoms with E-state index in [4.69, 9.17) is 10.00 Å². The first-order valence-corrected chi connectivity index (χ1v) is 7.08. The summed E-state index contributed by atoms with van der Waals surface area (Å²) in [6, 6.07) is 13.0. The van der Waals surface area contributed by atoms with E-state index >= 15 is 0 Å².